The van der Waals surface area contributed by atoms with Gasteiger partial charge in [-0.1, -0.05) is 25.5 Å². The highest BCUT2D eigenvalue weighted by Gasteiger charge is 2.45. The van der Waals surface area contributed by atoms with Crippen molar-refractivity contribution in [2.24, 2.45) is 5.41 Å². The van der Waals surface area contributed by atoms with Gasteiger partial charge in [0.2, 0.25) is 0 Å². The summed E-state index contributed by atoms with van der Waals surface area (Å²) in [4.78, 5) is 8.85. The number of rotatable bonds is 5. The molecule has 35 heavy (non-hydrogen) atoms. The van der Waals surface area contributed by atoms with Crippen molar-refractivity contribution >= 4 is 5.57 Å². The van der Waals surface area contributed by atoms with Gasteiger partial charge in [0.15, 0.2) is 0 Å². The lowest BCUT2D eigenvalue weighted by Crippen LogP contribution is -2.38. The van der Waals surface area contributed by atoms with Gasteiger partial charge in [-0.25, -0.2) is 4.98 Å². The number of nitrogens with zero attached hydrogens (tertiary/aromatic N) is 2. The van der Waals surface area contributed by atoms with Gasteiger partial charge in [-0.3, -0.25) is 4.98 Å². The van der Waals surface area contributed by atoms with E-state index in [9.17, 15) is 23.4 Å². The fourth-order valence-electron chi connectivity index (χ4n) is 6.05. The Bertz CT molecular complexity index is 1140. The number of fused-ring (bicyclic) bond motifs is 1. The monoisotopic (exact) mass is 488 g/mol. The van der Waals surface area contributed by atoms with Crippen molar-refractivity contribution in [3.63, 3.8) is 0 Å². The van der Waals surface area contributed by atoms with E-state index >= 15 is 0 Å². The van der Waals surface area contributed by atoms with Gasteiger partial charge in [0.05, 0.1) is 25.9 Å². The van der Waals surface area contributed by atoms with E-state index in [1.807, 2.05) is 13.0 Å². The van der Waals surface area contributed by atoms with E-state index in [1.54, 1.807) is 6.07 Å². The summed E-state index contributed by atoms with van der Waals surface area (Å²) in [5.41, 5.74) is 4.40. The van der Waals surface area contributed by atoms with E-state index < -0.39 is 18.0 Å². The summed E-state index contributed by atoms with van der Waals surface area (Å²) in [6, 6.07) is 3.94. The van der Waals surface area contributed by atoms with Crippen LogP contribution < -0.4 is 0 Å². The van der Waals surface area contributed by atoms with Gasteiger partial charge in [-0.15, -0.1) is 0 Å². The Morgan fingerprint density at radius 3 is 2.66 bits per heavy atom. The van der Waals surface area contributed by atoms with Crippen molar-refractivity contribution in [2.45, 2.75) is 76.7 Å². The molecule has 0 bridgehead atoms. The molecule has 0 radical (unpaired) electrons. The van der Waals surface area contributed by atoms with Crippen LogP contribution >= 0.6 is 0 Å². The van der Waals surface area contributed by atoms with Gasteiger partial charge < -0.3 is 14.9 Å². The maximum absolute atomic E-state index is 13.2. The third-order valence-corrected chi connectivity index (χ3v) is 7.88. The zero-order valence-electron chi connectivity index (χ0n) is 19.9. The lowest BCUT2D eigenvalue weighted by atomic mass is 9.59. The fourth-order valence-corrected chi connectivity index (χ4v) is 6.05. The lowest BCUT2D eigenvalue weighted by Gasteiger charge is -2.47. The maximum Gasteiger partial charge on any atom is 0.433 e. The van der Waals surface area contributed by atoms with Crippen LogP contribution in [0.3, 0.4) is 0 Å². The van der Waals surface area contributed by atoms with Gasteiger partial charge in [0.25, 0.3) is 0 Å². The standard InChI is InChI=1S/C27H31F3N2O3/c1-16(12-18-4-2-5-22(31-18)27(28,29)30)25-19(15-33)23(17-6-10-35-11-7-17)24-20(32-25)13-26(8-3-9-26)14-21(24)34/h2,4-6,16,21,33-34H,3,7-15H2,1H3. The van der Waals surface area contributed by atoms with Crippen LogP contribution in [0.5, 0.6) is 0 Å². The van der Waals surface area contributed by atoms with E-state index in [2.05, 4.69) is 4.98 Å². The summed E-state index contributed by atoms with van der Waals surface area (Å²) in [6.07, 6.45) is 2.55. The molecule has 2 N–H and O–H groups in total. The second-order valence-electron chi connectivity index (χ2n) is 10.3. The second-order valence-corrected chi connectivity index (χ2v) is 10.3. The number of aliphatic hydroxyl groups is 2. The number of hydrogen-bond acceptors (Lipinski definition) is 5. The first-order valence-electron chi connectivity index (χ1n) is 12.4. The number of aromatic nitrogens is 2. The Hall–Kier alpha value is -2.29. The Labute approximate surface area is 203 Å². The molecule has 2 aromatic heterocycles. The molecule has 3 heterocycles. The molecule has 1 aliphatic heterocycles. The smallest absolute Gasteiger partial charge is 0.392 e. The minimum Gasteiger partial charge on any atom is -0.392 e. The molecule has 0 amide bonds. The van der Waals surface area contributed by atoms with Crippen molar-refractivity contribution < 1.29 is 28.1 Å². The second kappa shape index (κ2) is 9.30. The number of halogens is 3. The van der Waals surface area contributed by atoms with Gasteiger partial charge >= 0.3 is 6.18 Å². The molecule has 2 aromatic rings. The van der Waals surface area contributed by atoms with Crippen LogP contribution in [0, 0.1) is 5.41 Å². The molecule has 188 valence electrons. The molecular formula is C27H31F3N2O3. The van der Waals surface area contributed by atoms with Crippen molar-refractivity contribution in [1.82, 2.24) is 9.97 Å². The quantitative estimate of drug-likeness (QED) is 0.598. The summed E-state index contributed by atoms with van der Waals surface area (Å²) >= 11 is 0. The average molecular weight is 489 g/mol. The molecule has 5 nitrogen and oxygen atoms in total. The van der Waals surface area contributed by atoms with Gasteiger partial charge in [0, 0.05) is 34.1 Å². The predicted octanol–water partition coefficient (Wildman–Crippen LogP) is 5.29. The third kappa shape index (κ3) is 4.63. The maximum atomic E-state index is 13.2. The summed E-state index contributed by atoms with van der Waals surface area (Å²) in [5, 5.41) is 21.8. The van der Waals surface area contributed by atoms with E-state index in [4.69, 9.17) is 9.72 Å². The first kappa shape index (κ1) is 24.4. The van der Waals surface area contributed by atoms with Crippen LogP contribution in [0.25, 0.3) is 5.57 Å². The van der Waals surface area contributed by atoms with Crippen molar-refractivity contribution in [2.75, 3.05) is 13.2 Å². The van der Waals surface area contributed by atoms with Crippen LogP contribution in [0.4, 0.5) is 13.2 Å². The summed E-state index contributed by atoms with van der Waals surface area (Å²) in [6.45, 7) is 2.68. The Kier molecular flexibility index (Phi) is 6.48. The number of hydrogen-bond donors (Lipinski definition) is 2. The molecule has 0 aromatic carbocycles. The van der Waals surface area contributed by atoms with E-state index in [0.717, 1.165) is 54.1 Å². The molecule has 0 saturated heterocycles. The Balaban J connectivity index is 1.59. The van der Waals surface area contributed by atoms with Crippen molar-refractivity contribution in [3.05, 3.63) is 63.7 Å². The topological polar surface area (TPSA) is 75.5 Å². The van der Waals surface area contributed by atoms with E-state index in [-0.39, 0.29) is 24.4 Å². The van der Waals surface area contributed by atoms with Crippen molar-refractivity contribution in [3.8, 4) is 0 Å². The molecule has 2 atom stereocenters. The first-order valence-corrected chi connectivity index (χ1v) is 12.4. The SMILES string of the molecule is CC(Cc1cccc(C(F)(F)F)n1)c1nc2c(c(C3=CCOCC3)c1CO)C(O)CC1(CCC1)C2. The summed E-state index contributed by atoms with van der Waals surface area (Å²) in [5.74, 6) is -0.269. The highest BCUT2D eigenvalue weighted by atomic mass is 19.4. The average Bonchev–Trinajstić information content (AvgIpc) is 2.82. The molecule has 3 aliphatic rings. The van der Waals surface area contributed by atoms with E-state index in [0.29, 0.717) is 43.0 Å². The molecule has 2 unspecified atom stereocenters. The predicted molar refractivity (Wildman–Crippen MR) is 124 cm³/mol. The van der Waals surface area contributed by atoms with Crippen LogP contribution in [0.2, 0.25) is 0 Å². The Morgan fingerprint density at radius 1 is 1.23 bits per heavy atom. The normalized spacial score (nSPS) is 22.3. The third-order valence-electron chi connectivity index (χ3n) is 7.88. The molecule has 1 fully saturated rings. The molecule has 1 spiro atoms. The molecule has 1 saturated carbocycles. The van der Waals surface area contributed by atoms with Gasteiger partial charge in [-0.05, 0) is 67.2 Å². The van der Waals surface area contributed by atoms with Gasteiger partial charge in [0.1, 0.15) is 5.69 Å². The lowest BCUT2D eigenvalue weighted by molar-refractivity contribution is -0.141. The molecule has 5 rings (SSSR count). The Morgan fingerprint density at radius 2 is 2.03 bits per heavy atom. The zero-order valence-corrected chi connectivity index (χ0v) is 19.9. The minimum atomic E-state index is -4.50. The molecular weight excluding hydrogens is 457 g/mol. The van der Waals surface area contributed by atoms with Crippen LogP contribution in [0.15, 0.2) is 24.3 Å². The summed E-state index contributed by atoms with van der Waals surface area (Å²) < 4.78 is 45.1. The molecule has 2 aliphatic carbocycles. The first-order chi connectivity index (χ1) is 16.7. The highest BCUT2D eigenvalue weighted by Crippen LogP contribution is 2.54. The zero-order chi connectivity index (χ0) is 24.8. The minimum absolute atomic E-state index is 0.0740. The molecule has 8 heteroatoms. The van der Waals surface area contributed by atoms with E-state index in [1.165, 1.54) is 6.07 Å². The number of pyridine rings is 2. The number of alkyl halides is 3. The van der Waals surface area contributed by atoms with Gasteiger partial charge in [-0.2, -0.15) is 13.2 Å². The summed E-state index contributed by atoms with van der Waals surface area (Å²) in [7, 11) is 0. The fraction of sp³-hybridized carbons (Fsp3) is 0.556. The van der Waals surface area contributed by atoms with Crippen LogP contribution in [-0.2, 0) is 30.4 Å². The van der Waals surface area contributed by atoms with Crippen LogP contribution in [-0.4, -0.2) is 33.4 Å². The number of aliphatic hydroxyl groups excluding tert-OH is 2. The number of ether oxygens (including phenoxy) is 1. The largest absolute Gasteiger partial charge is 0.433 e. The highest BCUT2D eigenvalue weighted by molar-refractivity contribution is 5.74. The van der Waals surface area contributed by atoms with Crippen molar-refractivity contribution in [1.29, 1.82) is 0 Å². The van der Waals surface area contributed by atoms with Crippen LogP contribution in [0.1, 0.15) is 90.5 Å².